The lowest BCUT2D eigenvalue weighted by Crippen LogP contribution is -2.48. The highest BCUT2D eigenvalue weighted by Crippen LogP contribution is 1.87. The van der Waals surface area contributed by atoms with Crippen molar-refractivity contribution in [3.63, 3.8) is 0 Å². The highest BCUT2D eigenvalue weighted by molar-refractivity contribution is 5.75. The van der Waals surface area contributed by atoms with Crippen LogP contribution in [0, 0.1) is 0 Å². The van der Waals surface area contributed by atoms with E-state index in [0.29, 0.717) is 0 Å². The highest BCUT2D eigenvalue weighted by Gasteiger charge is 2.15. The third-order valence-electron chi connectivity index (χ3n) is 0.983. The number of rotatable bonds is 0. The number of carbonyl (C=O) groups excluding carboxylic acids is 1. The highest BCUT2D eigenvalue weighted by atomic mass is 16.2. The maximum Gasteiger partial charge on any atom is 0.359 e. The summed E-state index contributed by atoms with van der Waals surface area (Å²) in [5.41, 5.74) is 5.02. The number of urea groups is 1. The molecule has 6 heteroatoms. The first-order chi connectivity index (χ1) is 4.72. The Bertz CT molecular complexity index is 157. The maximum atomic E-state index is 11.0. The molecule has 0 aromatic carbocycles. The summed E-state index contributed by atoms with van der Waals surface area (Å²) in [6, 6.07) is -0.197. The molecule has 0 atom stereocenters. The third kappa shape index (κ3) is 1.09. The van der Waals surface area contributed by atoms with Crippen LogP contribution in [-0.2, 0) is 0 Å². The molecule has 0 unspecified atom stereocenters. The lowest BCUT2D eigenvalue weighted by atomic mass is 10.8. The molecule has 10 heavy (non-hydrogen) atoms. The van der Waals surface area contributed by atoms with Crippen LogP contribution in [0.15, 0.2) is 5.10 Å². The summed E-state index contributed by atoms with van der Waals surface area (Å²) >= 11 is 0. The van der Waals surface area contributed by atoms with Crippen LogP contribution < -0.4 is 11.0 Å². The second-order valence-corrected chi connectivity index (χ2v) is 2.00. The fraction of sp³-hybridized carbons (Fsp3) is 0.500. The molecule has 56 valence electrons. The van der Waals surface area contributed by atoms with Crippen LogP contribution in [0.1, 0.15) is 0 Å². The van der Waals surface area contributed by atoms with Gasteiger partial charge in [0.1, 0.15) is 6.34 Å². The Morgan fingerprint density at radius 2 is 2.40 bits per heavy atom. The molecule has 1 aliphatic rings. The van der Waals surface area contributed by atoms with E-state index in [9.17, 15) is 4.79 Å². The van der Waals surface area contributed by atoms with Gasteiger partial charge in [-0.25, -0.2) is 4.79 Å². The molecule has 0 aromatic rings. The summed E-state index contributed by atoms with van der Waals surface area (Å²) in [6.07, 6.45) is 1.39. The number of hydrogen-bond donors (Lipinski definition) is 2. The second kappa shape index (κ2) is 2.42. The Balaban J connectivity index is 2.43. The first-order valence-electron chi connectivity index (χ1n) is 2.76. The van der Waals surface area contributed by atoms with E-state index >= 15 is 0 Å². The predicted octanol–water partition coefficient (Wildman–Crippen LogP) is -1.06. The molecule has 2 amide bonds. The van der Waals surface area contributed by atoms with Gasteiger partial charge in [0, 0.05) is 14.1 Å². The lowest BCUT2D eigenvalue weighted by Gasteiger charge is -2.18. The second-order valence-electron chi connectivity index (χ2n) is 2.00. The van der Waals surface area contributed by atoms with Crippen molar-refractivity contribution in [3.8, 4) is 0 Å². The molecule has 1 heterocycles. The van der Waals surface area contributed by atoms with Gasteiger partial charge in [-0.15, -0.1) is 10.2 Å². The molecule has 0 radical (unpaired) electrons. The van der Waals surface area contributed by atoms with Crippen molar-refractivity contribution in [1.29, 1.82) is 0 Å². The van der Waals surface area contributed by atoms with Crippen LogP contribution in [0.2, 0.25) is 0 Å². The van der Waals surface area contributed by atoms with Gasteiger partial charge >= 0.3 is 6.03 Å². The molecular weight excluding hydrogens is 134 g/mol. The van der Waals surface area contributed by atoms with Gasteiger partial charge in [0.05, 0.1) is 0 Å². The topological polar surface area (TPSA) is 60.0 Å². The molecule has 2 N–H and O–H groups in total. The molecule has 6 nitrogen and oxygen atoms in total. The van der Waals surface area contributed by atoms with E-state index in [1.807, 2.05) is 0 Å². The number of nitrogens with zero attached hydrogens (tertiary/aromatic N) is 3. The summed E-state index contributed by atoms with van der Waals surface area (Å²) in [6.45, 7) is 0. The summed E-state index contributed by atoms with van der Waals surface area (Å²) in [5.74, 6) is 0. The Hall–Kier alpha value is -1.46. The first-order valence-corrected chi connectivity index (χ1v) is 2.76. The van der Waals surface area contributed by atoms with Gasteiger partial charge in [-0.2, -0.15) is 5.53 Å². The number of hydrazone groups is 1. The van der Waals surface area contributed by atoms with Gasteiger partial charge in [-0.05, 0) is 0 Å². The zero-order valence-corrected chi connectivity index (χ0v) is 5.83. The Labute approximate surface area is 58.4 Å². The van der Waals surface area contributed by atoms with Crippen molar-refractivity contribution >= 4 is 12.4 Å². The Morgan fingerprint density at radius 1 is 1.70 bits per heavy atom. The Kier molecular flexibility index (Phi) is 1.61. The van der Waals surface area contributed by atoms with Crippen LogP contribution in [0.25, 0.3) is 0 Å². The standard InChI is InChI=1S/C4H9N5O/c1-8(2)4(10)9-6-3-5-7-9/h3,7H,1-2H3,(H,5,6). The molecule has 0 aliphatic carbocycles. The van der Waals surface area contributed by atoms with Crippen molar-refractivity contribution in [2.75, 3.05) is 14.1 Å². The molecule has 0 fully saturated rings. The fourth-order valence-corrected chi connectivity index (χ4v) is 0.500. The minimum absolute atomic E-state index is 0.197. The number of hydrogen-bond acceptors (Lipinski definition) is 4. The number of amides is 2. The molecular formula is C4H9N5O. The van der Waals surface area contributed by atoms with Gasteiger partial charge in [0.15, 0.2) is 0 Å². The van der Waals surface area contributed by atoms with E-state index in [1.54, 1.807) is 14.1 Å². The lowest BCUT2D eigenvalue weighted by molar-refractivity contribution is 0.141. The molecule has 0 saturated carbocycles. The average molecular weight is 143 g/mol. The maximum absolute atomic E-state index is 11.0. The average Bonchev–Trinajstić information content (AvgIpc) is 2.36. The normalized spacial score (nSPS) is 14.4. The summed E-state index contributed by atoms with van der Waals surface area (Å²) in [4.78, 5) is 12.4. The minimum atomic E-state index is -0.197. The molecule has 0 spiro atoms. The monoisotopic (exact) mass is 143 g/mol. The van der Waals surface area contributed by atoms with Crippen LogP contribution in [0.3, 0.4) is 0 Å². The Morgan fingerprint density at radius 3 is 2.80 bits per heavy atom. The van der Waals surface area contributed by atoms with Gasteiger partial charge in [0.25, 0.3) is 0 Å². The minimum Gasteiger partial charge on any atom is -0.328 e. The van der Waals surface area contributed by atoms with E-state index in [4.69, 9.17) is 0 Å². The van der Waals surface area contributed by atoms with Crippen molar-refractivity contribution in [1.82, 2.24) is 21.0 Å². The van der Waals surface area contributed by atoms with Crippen molar-refractivity contribution < 1.29 is 4.79 Å². The molecule has 0 saturated heterocycles. The number of hydrazine groups is 2. The summed E-state index contributed by atoms with van der Waals surface area (Å²) < 4.78 is 0. The molecule has 1 rings (SSSR count). The fourth-order valence-electron chi connectivity index (χ4n) is 0.500. The SMILES string of the molecule is CN(C)C(=O)N1NC=NN1. The first kappa shape index (κ1) is 6.66. The van der Waals surface area contributed by atoms with Gasteiger partial charge < -0.3 is 4.90 Å². The van der Waals surface area contributed by atoms with E-state index in [2.05, 4.69) is 16.1 Å². The number of carbonyl (C=O) groups is 1. The van der Waals surface area contributed by atoms with E-state index in [-0.39, 0.29) is 6.03 Å². The van der Waals surface area contributed by atoms with E-state index in [0.717, 1.165) is 0 Å². The number of nitrogens with one attached hydrogen (secondary N) is 2. The zero-order valence-electron chi connectivity index (χ0n) is 5.83. The van der Waals surface area contributed by atoms with Crippen molar-refractivity contribution in [2.45, 2.75) is 0 Å². The molecule has 0 bridgehead atoms. The van der Waals surface area contributed by atoms with E-state index < -0.39 is 0 Å². The van der Waals surface area contributed by atoms with Gasteiger partial charge in [-0.3, -0.25) is 5.43 Å². The largest absolute Gasteiger partial charge is 0.359 e. The van der Waals surface area contributed by atoms with Crippen molar-refractivity contribution in [2.24, 2.45) is 5.10 Å². The molecule has 1 aliphatic heterocycles. The van der Waals surface area contributed by atoms with Crippen molar-refractivity contribution in [3.05, 3.63) is 0 Å². The van der Waals surface area contributed by atoms with Crippen LogP contribution in [-0.4, -0.2) is 36.5 Å². The third-order valence-corrected chi connectivity index (χ3v) is 0.983. The van der Waals surface area contributed by atoms with Gasteiger partial charge in [0.2, 0.25) is 0 Å². The van der Waals surface area contributed by atoms with Crippen LogP contribution in [0.5, 0.6) is 0 Å². The van der Waals surface area contributed by atoms with Gasteiger partial charge in [-0.1, -0.05) is 0 Å². The smallest absolute Gasteiger partial charge is 0.328 e. The predicted molar refractivity (Wildman–Crippen MR) is 35.7 cm³/mol. The summed E-state index contributed by atoms with van der Waals surface area (Å²) in [5, 5.41) is 4.73. The summed E-state index contributed by atoms with van der Waals surface area (Å²) in [7, 11) is 3.31. The zero-order chi connectivity index (χ0) is 7.56. The molecule has 0 aromatic heterocycles. The quantitative estimate of drug-likeness (QED) is 0.454. The van der Waals surface area contributed by atoms with Crippen LogP contribution in [0.4, 0.5) is 4.79 Å². The van der Waals surface area contributed by atoms with Crippen LogP contribution >= 0.6 is 0 Å². The van der Waals surface area contributed by atoms with E-state index in [1.165, 1.54) is 16.4 Å².